The lowest BCUT2D eigenvalue weighted by Gasteiger charge is -2.36. The Balaban J connectivity index is 1.38. The third-order valence-electron chi connectivity index (χ3n) is 5.39. The molecule has 1 N–H and O–H groups in total. The van der Waals surface area contributed by atoms with Gasteiger partial charge in [0, 0.05) is 17.6 Å². The molecule has 1 aromatic carbocycles. The van der Waals surface area contributed by atoms with Crippen molar-refractivity contribution in [3.8, 4) is 0 Å². The maximum Gasteiger partial charge on any atom is 0.224 e. The molecule has 126 valence electrons. The molecule has 1 saturated heterocycles. The number of carbonyl (C=O) groups excluding carboxylic acids is 1. The number of nitrogens with zero attached hydrogens (tertiary/aromatic N) is 1. The quantitative estimate of drug-likeness (QED) is 0.891. The lowest BCUT2D eigenvalue weighted by molar-refractivity contribution is -0.120. The Morgan fingerprint density at radius 2 is 1.83 bits per heavy atom. The number of hydrogen-bond donors (Lipinski definition) is 1. The Morgan fingerprint density at radius 1 is 1.13 bits per heavy atom. The number of rotatable bonds is 5. The summed E-state index contributed by atoms with van der Waals surface area (Å²) in [6, 6.07) is 8.41. The van der Waals surface area contributed by atoms with Crippen LogP contribution in [0.5, 0.6) is 0 Å². The molecule has 3 rings (SSSR count). The van der Waals surface area contributed by atoms with Crippen LogP contribution in [0.3, 0.4) is 0 Å². The summed E-state index contributed by atoms with van der Waals surface area (Å²) in [5, 5.41) is 3.77. The summed E-state index contributed by atoms with van der Waals surface area (Å²) in [4.78, 5) is 14.8. The van der Waals surface area contributed by atoms with E-state index in [2.05, 4.69) is 10.2 Å². The van der Waals surface area contributed by atoms with Crippen LogP contribution in [0.25, 0.3) is 0 Å². The summed E-state index contributed by atoms with van der Waals surface area (Å²) in [7, 11) is 0. The van der Waals surface area contributed by atoms with Crippen molar-refractivity contribution in [2.45, 2.75) is 51.0 Å². The number of carbonyl (C=O) groups is 1. The van der Waals surface area contributed by atoms with Crippen LogP contribution in [-0.2, 0) is 11.2 Å². The molecular formula is C19H27ClN2O. The van der Waals surface area contributed by atoms with Gasteiger partial charge in [-0.2, -0.15) is 0 Å². The Kier molecular flexibility index (Phi) is 5.96. The predicted octanol–water partition coefficient (Wildman–Crippen LogP) is 3.65. The molecule has 4 heteroatoms. The van der Waals surface area contributed by atoms with Gasteiger partial charge in [0.25, 0.3) is 0 Å². The van der Waals surface area contributed by atoms with Gasteiger partial charge in [0.05, 0.1) is 6.42 Å². The van der Waals surface area contributed by atoms with Crippen molar-refractivity contribution in [2.75, 3.05) is 19.6 Å². The Hall–Kier alpha value is -1.06. The molecule has 0 spiro atoms. The van der Waals surface area contributed by atoms with Crippen LogP contribution >= 0.6 is 11.6 Å². The van der Waals surface area contributed by atoms with E-state index in [9.17, 15) is 4.79 Å². The first kappa shape index (κ1) is 16.8. The number of hydrogen-bond acceptors (Lipinski definition) is 2. The standard InChI is InChI=1S/C19H27ClN2O/c20-18-8-4-1-5-16(18)13-19(23)21-14-15-9-11-22(12-10-15)17-6-2-3-7-17/h1,4-5,8,15,17H,2-3,6-7,9-14H2,(H,21,23). The molecule has 0 radical (unpaired) electrons. The molecule has 1 amide bonds. The molecule has 0 atom stereocenters. The normalized spacial score (nSPS) is 20.7. The first-order chi connectivity index (χ1) is 11.2. The summed E-state index contributed by atoms with van der Waals surface area (Å²) in [6.07, 6.45) is 8.39. The van der Waals surface area contributed by atoms with Crippen molar-refractivity contribution in [3.63, 3.8) is 0 Å². The first-order valence-electron chi connectivity index (χ1n) is 8.96. The van der Waals surface area contributed by atoms with E-state index in [0.29, 0.717) is 17.4 Å². The van der Waals surface area contributed by atoms with Crippen LogP contribution in [0, 0.1) is 5.92 Å². The van der Waals surface area contributed by atoms with E-state index >= 15 is 0 Å². The molecule has 1 aromatic rings. The maximum absolute atomic E-state index is 12.1. The fourth-order valence-corrected chi connectivity index (χ4v) is 4.13. The van der Waals surface area contributed by atoms with Crippen LogP contribution in [0.15, 0.2) is 24.3 Å². The van der Waals surface area contributed by atoms with Gasteiger partial charge >= 0.3 is 0 Å². The van der Waals surface area contributed by atoms with E-state index in [0.717, 1.165) is 18.2 Å². The fraction of sp³-hybridized carbons (Fsp3) is 0.632. The molecule has 0 aromatic heterocycles. The van der Waals surface area contributed by atoms with E-state index in [1.165, 1.54) is 51.6 Å². The molecular weight excluding hydrogens is 308 g/mol. The van der Waals surface area contributed by atoms with E-state index < -0.39 is 0 Å². The zero-order valence-corrected chi connectivity index (χ0v) is 14.5. The molecule has 0 unspecified atom stereocenters. The van der Waals surface area contributed by atoms with Crippen LogP contribution in [-0.4, -0.2) is 36.5 Å². The third kappa shape index (κ3) is 4.71. The molecule has 1 heterocycles. The van der Waals surface area contributed by atoms with E-state index in [-0.39, 0.29) is 5.91 Å². The molecule has 2 aliphatic rings. The molecule has 0 bridgehead atoms. The van der Waals surface area contributed by atoms with Gasteiger partial charge in [-0.25, -0.2) is 0 Å². The van der Waals surface area contributed by atoms with Crippen molar-refractivity contribution >= 4 is 17.5 Å². The smallest absolute Gasteiger partial charge is 0.224 e. The van der Waals surface area contributed by atoms with Crippen molar-refractivity contribution in [3.05, 3.63) is 34.9 Å². The zero-order chi connectivity index (χ0) is 16.1. The number of piperidine rings is 1. The van der Waals surface area contributed by atoms with Crippen LogP contribution in [0.4, 0.5) is 0 Å². The highest BCUT2D eigenvalue weighted by atomic mass is 35.5. The predicted molar refractivity (Wildman–Crippen MR) is 94.7 cm³/mol. The summed E-state index contributed by atoms with van der Waals surface area (Å²) in [5.74, 6) is 0.708. The average Bonchev–Trinajstić information content (AvgIpc) is 3.10. The fourth-order valence-electron chi connectivity index (χ4n) is 3.93. The SMILES string of the molecule is O=C(Cc1ccccc1Cl)NCC1CCN(C2CCCC2)CC1. The molecule has 3 nitrogen and oxygen atoms in total. The van der Waals surface area contributed by atoms with E-state index in [1.807, 2.05) is 24.3 Å². The highest BCUT2D eigenvalue weighted by Gasteiger charge is 2.27. The maximum atomic E-state index is 12.1. The highest BCUT2D eigenvalue weighted by Crippen LogP contribution is 2.27. The molecule has 1 saturated carbocycles. The van der Waals surface area contributed by atoms with Crippen LogP contribution in [0.1, 0.15) is 44.1 Å². The highest BCUT2D eigenvalue weighted by molar-refractivity contribution is 6.31. The van der Waals surface area contributed by atoms with Gasteiger partial charge in [0.1, 0.15) is 0 Å². The minimum atomic E-state index is 0.0799. The monoisotopic (exact) mass is 334 g/mol. The van der Waals surface area contributed by atoms with Gasteiger partial charge in [0.2, 0.25) is 5.91 Å². The number of benzene rings is 1. The minimum Gasteiger partial charge on any atom is -0.356 e. The van der Waals surface area contributed by atoms with Crippen molar-refractivity contribution in [2.24, 2.45) is 5.92 Å². The molecule has 1 aliphatic carbocycles. The summed E-state index contributed by atoms with van der Waals surface area (Å²) < 4.78 is 0. The lowest BCUT2D eigenvalue weighted by atomic mass is 9.95. The molecule has 1 aliphatic heterocycles. The largest absolute Gasteiger partial charge is 0.356 e. The van der Waals surface area contributed by atoms with Crippen molar-refractivity contribution in [1.29, 1.82) is 0 Å². The minimum absolute atomic E-state index is 0.0799. The van der Waals surface area contributed by atoms with Gasteiger partial charge in [-0.1, -0.05) is 42.6 Å². The Bertz CT molecular complexity index is 520. The van der Waals surface area contributed by atoms with Crippen molar-refractivity contribution in [1.82, 2.24) is 10.2 Å². The van der Waals surface area contributed by atoms with Gasteiger partial charge < -0.3 is 10.2 Å². The van der Waals surface area contributed by atoms with Gasteiger partial charge in [-0.05, 0) is 56.3 Å². The summed E-state index contributed by atoms with van der Waals surface area (Å²) in [5.41, 5.74) is 0.905. The summed E-state index contributed by atoms with van der Waals surface area (Å²) in [6.45, 7) is 3.22. The molecule has 23 heavy (non-hydrogen) atoms. The van der Waals surface area contributed by atoms with Crippen LogP contribution < -0.4 is 5.32 Å². The number of amides is 1. The van der Waals surface area contributed by atoms with E-state index in [4.69, 9.17) is 11.6 Å². The number of nitrogens with one attached hydrogen (secondary N) is 1. The first-order valence-corrected chi connectivity index (χ1v) is 9.34. The zero-order valence-electron chi connectivity index (χ0n) is 13.8. The molecule has 2 fully saturated rings. The lowest BCUT2D eigenvalue weighted by Crippen LogP contribution is -2.42. The summed E-state index contributed by atoms with van der Waals surface area (Å²) >= 11 is 6.11. The number of likely N-dealkylation sites (tertiary alicyclic amines) is 1. The Morgan fingerprint density at radius 3 is 2.52 bits per heavy atom. The third-order valence-corrected chi connectivity index (χ3v) is 5.76. The van der Waals surface area contributed by atoms with E-state index in [1.54, 1.807) is 0 Å². The van der Waals surface area contributed by atoms with Gasteiger partial charge in [0.15, 0.2) is 0 Å². The van der Waals surface area contributed by atoms with Crippen molar-refractivity contribution < 1.29 is 4.79 Å². The average molecular weight is 335 g/mol. The topological polar surface area (TPSA) is 32.3 Å². The Labute approximate surface area is 144 Å². The second-order valence-electron chi connectivity index (χ2n) is 6.99. The number of halogens is 1. The van der Waals surface area contributed by atoms with Crippen LogP contribution in [0.2, 0.25) is 5.02 Å². The second kappa shape index (κ2) is 8.16. The van der Waals surface area contributed by atoms with Gasteiger partial charge in [-0.15, -0.1) is 0 Å². The van der Waals surface area contributed by atoms with Gasteiger partial charge in [-0.3, -0.25) is 4.79 Å². The second-order valence-corrected chi connectivity index (χ2v) is 7.40.